The molecule has 3 nitrogen and oxygen atoms in total. The Morgan fingerprint density at radius 1 is 1.44 bits per heavy atom. The Bertz CT molecular complexity index is 375. The second-order valence-electron chi connectivity index (χ2n) is 3.66. The van der Waals surface area contributed by atoms with Gasteiger partial charge >= 0.3 is 5.97 Å². The molecule has 0 amide bonds. The van der Waals surface area contributed by atoms with Crippen molar-refractivity contribution in [3.63, 3.8) is 0 Å². The zero-order valence-electron chi connectivity index (χ0n) is 9.46. The van der Waals surface area contributed by atoms with Gasteiger partial charge in [0.2, 0.25) is 0 Å². The summed E-state index contributed by atoms with van der Waals surface area (Å²) in [6.45, 7) is 4.18. The van der Waals surface area contributed by atoms with Crippen molar-refractivity contribution in [2.24, 2.45) is 0 Å². The molecular formula is C12H16ClNO2. The third kappa shape index (κ3) is 3.14. The standard InChI is InChI=1S/C12H16ClNO2/c1-3-8(4-2)14-9-5-6-11(13)10(7-9)12(15)16/h5-8,14H,3-4H2,1-2H3,(H,15,16). The van der Waals surface area contributed by atoms with Crippen LogP contribution in [0.25, 0.3) is 0 Å². The maximum absolute atomic E-state index is 10.9. The Hall–Kier alpha value is -1.22. The molecule has 0 fully saturated rings. The highest BCUT2D eigenvalue weighted by atomic mass is 35.5. The van der Waals surface area contributed by atoms with Crippen molar-refractivity contribution in [2.75, 3.05) is 5.32 Å². The van der Waals surface area contributed by atoms with Gasteiger partial charge in [-0.3, -0.25) is 0 Å². The van der Waals surface area contributed by atoms with Crippen LogP contribution in [0.4, 0.5) is 5.69 Å². The largest absolute Gasteiger partial charge is 0.478 e. The van der Waals surface area contributed by atoms with E-state index in [9.17, 15) is 4.79 Å². The molecule has 0 saturated heterocycles. The molecule has 0 radical (unpaired) electrons. The number of carboxylic acid groups (broad SMARTS) is 1. The summed E-state index contributed by atoms with van der Waals surface area (Å²) in [5.74, 6) is -1.00. The van der Waals surface area contributed by atoms with Crippen molar-refractivity contribution >= 4 is 23.3 Å². The smallest absolute Gasteiger partial charge is 0.337 e. The first kappa shape index (κ1) is 12.8. The molecule has 16 heavy (non-hydrogen) atoms. The maximum atomic E-state index is 10.9. The van der Waals surface area contributed by atoms with E-state index in [2.05, 4.69) is 19.2 Å². The van der Waals surface area contributed by atoms with E-state index in [4.69, 9.17) is 16.7 Å². The number of aromatic carboxylic acids is 1. The van der Waals surface area contributed by atoms with Crippen molar-refractivity contribution in [3.8, 4) is 0 Å². The number of hydrogen-bond donors (Lipinski definition) is 2. The Kier molecular flexibility index (Phi) is 4.62. The van der Waals surface area contributed by atoms with E-state index < -0.39 is 5.97 Å². The van der Waals surface area contributed by atoms with Crippen LogP contribution in [0.15, 0.2) is 18.2 Å². The zero-order chi connectivity index (χ0) is 12.1. The summed E-state index contributed by atoms with van der Waals surface area (Å²) in [6.07, 6.45) is 2.00. The topological polar surface area (TPSA) is 49.3 Å². The normalized spacial score (nSPS) is 10.5. The average molecular weight is 242 g/mol. The molecule has 1 aromatic rings. The van der Waals surface area contributed by atoms with E-state index >= 15 is 0 Å². The van der Waals surface area contributed by atoms with Crippen LogP contribution in [0.3, 0.4) is 0 Å². The van der Waals surface area contributed by atoms with E-state index in [1.807, 2.05) is 0 Å². The number of carbonyl (C=O) groups is 1. The Morgan fingerprint density at radius 2 is 2.06 bits per heavy atom. The van der Waals surface area contributed by atoms with Crippen LogP contribution in [0.2, 0.25) is 5.02 Å². The van der Waals surface area contributed by atoms with Gasteiger partial charge in [0, 0.05) is 11.7 Å². The monoisotopic (exact) mass is 241 g/mol. The lowest BCUT2D eigenvalue weighted by Crippen LogP contribution is -2.17. The fourth-order valence-electron chi connectivity index (χ4n) is 1.51. The van der Waals surface area contributed by atoms with Crippen molar-refractivity contribution < 1.29 is 9.90 Å². The summed E-state index contributed by atoms with van der Waals surface area (Å²) in [6, 6.07) is 5.34. The lowest BCUT2D eigenvalue weighted by Gasteiger charge is -2.16. The third-order valence-electron chi connectivity index (χ3n) is 2.55. The quantitative estimate of drug-likeness (QED) is 0.828. The molecule has 0 aliphatic heterocycles. The van der Waals surface area contributed by atoms with E-state index in [-0.39, 0.29) is 10.6 Å². The van der Waals surface area contributed by atoms with E-state index in [1.165, 1.54) is 0 Å². The number of hydrogen-bond acceptors (Lipinski definition) is 2. The summed E-state index contributed by atoms with van der Waals surface area (Å²) in [5, 5.41) is 12.5. The van der Waals surface area contributed by atoms with Gasteiger partial charge in [-0.2, -0.15) is 0 Å². The minimum Gasteiger partial charge on any atom is -0.478 e. The zero-order valence-corrected chi connectivity index (χ0v) is 10.2. The minimum absolute atomic E-state index is 0.137. The number of anilines is 1. The van der Waals surface area contributed by atoms with Crippen LogP contribution in [-0.2, 0) is 0 Å². The van der Waals surface area contributed by atoms with E-state index in [1.54, 1.807) is 18.2 Å². The number of carboxylic acids is 1. The van der Waals surface area contributed by atoms with Crippen molar-refractivity contribution in [3.05, 3.63) is 28.8 Å². The Labute approximate surface area is 100 Å². The summed E-state index contributed by atoms with van der Waals surface area (Å²) < 4.78 is 0. The first-order valence-corrected chi connectivity index (χ1v) is 5.75. The number of halogens is 1. The van der Waals surface area contributed by atoms with Gasteiger partial charge in [0.05, 0.1) is 10.6 Å². The molecule has 1 aromatic carbocycles. The van der Waals surface area contributed by atoms with Crippen molar-refractivity contribution in [1.29, 1.82) is 0 Å². The molecule has 0 aromatic heterocycles. The molecule has 0 aliphatic carbocycles. The van der Waals surface area contributed by atoms with Crippen LogP contribution in [0.1, 0.15) is 37.0 Å². The molecule has 4 heteroatoms. The molecule has 0 aliphatic rings. The van der Waals surface area contributed by atoms with E-state index in [0.29, 0.717) is 6.04 Å². The Balaban J connectivity index is 2.90. The SMILES string of the molecule is CCC(CC)Nc1ccc(Cl)c(C(=O)O)c1. The lowest BCUT2D eigenvalue weighted by atomic mass is 10.1. The van der Waals surface area contributed by atoms with Crippen molar-refractivity contribution in [2.45, 2.75) is 32.7 Å². The predicted molar refractivity (Wildman–Crippen MR) is 66.4 cm³/mol. The molecule has 0 saturated carbocycles. The number of rotatable bonds is 5. The van der Waals surface area contributed by atoms with Gasteiger partial charge < -0.3 is 10.4 Å². The second-order valence-corrected chi connectivity index (χ2v) is 4.06. The highest BCUT2D eigenvalue weighted by molar-refractivity contribution is 6.33. The molecule has 0 unspecified atom stereocenters. The second kappa shape index (κ2) is 5.75. The molecule has 1 rings (SSSR count). The number of benzene rings is 1. The van der Waals surface area contributed by atoms with Crippen molar-refractivity contribution in [1.82, 2.24) is 0 Å². The van der Waals surface area contributed by atoms with Gasteiger partial charge in [-0.1, -0.05) is 25.4 Å². The molecular weight excluding hydrogens is 226 g/mol. The third-order valence-corrected chi connectivity index (χ3v) is 2.88. The van der Waals surface area contributed by atoms with Gasteiger partial charge in [0.1, 0.15) is 0 Å². The van der Waals surface area contributed by atoms with Crippen LogP contribution in [0.5, 0.6) is 0 Å². The van der Waals surface area contributed by atoms with Gasteiger partial charge in [-0.25, -0.2) is 4.79 Å². The summed E-state index contributed by atoms with van der Waals surface area (Å²) >= 11 is 5.79. The minimum atomic E-state index is -1.00. The fourth-order valence-corrected chi connectivity index (χ4v) is 1.71. The van der Waals surface area contributed by atoms with Gasteiger partial charge in [-0.05, 0) is 31.0 Å². The summed E-state index contributed by atoms with van der Waals surface area (Å²) in [4.78, 5) is 10.9. The van der Waals surface area contributed by atoms with Crippen LogP contribution >= 0.6 is 11.6 Å². The molecule has 0 bridgehead atoms. The summed E-state index contributed by atoms with van der Waals surface area (Å²) in [7, 11) is 0. The first-order valence-electron chi connectivity index (χ1n) is 5.37. The van der Waals surface area contributed by atoms with Gasteiger partial charge in [0.15, 0.2) is 0 Å². The maximum Gasteiger partial charge on any atom is 0.337 e. The molecule has 0 heterocycles. The van der Waals surface area contributed by atoms with Crippen LogP contribution in [-0.4, -0.2) is 17.1 Å². The molecule has 2 N–H and O–H groups in total. The fraction of sp³-hybridized carbons (Fsp3) is 0.417. The molecule has 0 spiro atoms. The average Bonchev–Trinajstić information content (AvgIpc) is 2.27. The highest BCUT2D eigenvalue weighted by Gasteiger charge is 2.10. The van der Waals surface area contributed by atoms with Gasteiger partial charge in [-0.15, -0.1) is 0 Å². The first-order chi connectivity index (χ1) is 7.58. The van der Waals surface area contributed by atoms with Gasteiger partial charge in [0.25, 0.3) is 0 Å². The lowest BCUT2D eigenvalue weighted by molar-refractivity contribution is 0.0697. The molecule has 0 atom stereocenters. The Morgan fingerprint density at radius 3 is 2.56 bits per heavy atom. The number of nitrogens with one attached hydrogen (secondary N) is 1. The van der Waals surface area contributed by atoms with E-state index in [0.717, 1.165) is 18.5 Å². The molecule has 88 valence electrons. The van der Waals surface area contributed by atoms with Crippen LogP contribution in [0, 0.1) is 0 Å². The predicted octanol–water partition coefficient (Wildman–Crippen LogP) is 3.64. The highest BCUT2D eigenvalue weighted by Crippen LogP contribution is 2.21. The summed E-state index contributed by atoms with van der Waals surface area (Å²) in [5.41, 5.74) is 0.938. The van der Waals surface area contributed by atoms with Crippen LogP contribution < -0.4 is 5.32 Å².